The maximum Gasteiger partial charge on any atom is 0.341 e. The van der Waals surface area contributed by atoms with Gasteiger partial charge in [0.1, 0.15) is 0 Å². The highest BCUT2D eigenvalue weighted by molar-refractivity contribution is 6.09. The number of nitrogens with one attached hydrogen (secondary N) is 2. The van der Waals surface area contributed by atoms with E-state index in [1.54, 1.807) is 31.3 Å². The minimum atomic E-state index is -1.34. The van der Waals surface area contributed by atoms with Crippen LogP contribution in [0, 0.1) is 6.92 Å². The van der Waals surface area contributed by atoms with Crippen LogP contribution in [-0.4, -0.2) is 23.5 Å². The van der Waals surface area contributed by atoms with Crippen molar-refractivity contribution in [2.24, 2.45) is 0 Å². The molecular formula is C20H18N2O3. The van der Waals surface area contributed by atoms with Gasteiger partial charge in [0.05, 0.1) is 6.61 Å². The second-order valence-corrected chi connectivity index (χ2v) is 6.17. The first-order valence-electron chi connectivity index (χ1n) is 8.26. The number of rotatable bonds is 3. The third kappa shape index (κ3) is 2.02. The van der Waals surface area contributed by atoms with Gasteiger partial charge in [0, 0.05) is 33.8 Å². The van der Waals surface area contributed by atoms with E-state index in [9.17, 15) is 9.59 Å². The molecule has 1 aliphatic rings. The number of aryl methyl sites for hydroxylation is 1. The average molecular weight is 334 g/mol. The van der Waals surface area contributed by atoms with Crippen LogP contribution >= 0.6 is 0 Å². The van der Waals surface area contributed by atoms with E-state index in [0.717, 1.165) is 16.5 Å². The lowest BCUT2D eigenvalue weighted by molar-refractivity contribution is -0.149. The van der Waals surface area contributed by atoms with Crippen LogP contribution in [0.3, 0.4) is 0 Å². The maximum atomic E-state index is 13.1. The van der Waals surface area contributed by atoms with Crippen LogP contribution in [-0.2, 0) is 15.1 Å². The summed E-state index contributed by atoms with van der Waals surface area (Å²) in [7, 11) is 0. The number of hydrogen-bond donors (Lipinski definition) is 2. The SMILES string of the molecule is CCOC(=O)C1(c2c[nH]c3c(C)cccc23)NC(=O)c2ccccc21. The van der Waals surface area contributed by atoms with Crippen LogP contribution in [0.2, 0.25) is 0 Å². The number of hydrogen-bond acceptors (Lipinski definition) is 3. The maximum absolute atomic E-state index is 13.1. The lowest BCUT2D eigenvalue weighted by Gasteiger charge is -2.28. The molecule has 0 saturated heterocycles. The van der Waals surface area contributed by atoms with Crippen molar-refractivity contribution in [1.82, 2.24) is 10.3 Å². The minimum absolute atomic E-state index is 0.236. The fourth-order valence-electron chi connectivity index (χ4n) is 3.65. The van der Waals surface area contributed by atoms with E-state index in [1.165, 1.54) is 0 Å². The quantitative estimate of drug-likeness (QED) is 0.723. The van der Waals surface area contributed by atoms with Crippen molar-refractivity contribution in [2.75, 3.05) is 6.61 Å². The summed E-state index contributed by atoms with van der Waals surface area (Å²) in [5, 5.41) is 3.79. The van der Waals surface area contributed by atoms with Crippen molar-refractivity contribution in [2.45, 2.75) is 19.4 Å². The molecule has 1 aromatic heterocycles. The molecule has 1 unspecified atom stereocenters. The van der Waals surface area contributed by atoms with Crippen LogP contribution in [0.15, 0.2) is 48.7 Å². The van der Waals surface area contributed by atoms with Gasteiger partial charge in [-0.1, -0.05) is 36.4 Å². The van der Waals surface area contributed by atoms with Gasteiger partial charge in [-0.25, -0.2) is 4.79 Å². The Morgan fingerprint density at radius 2 is 1.92 bits per heavy atom. The molecule has 4 rings (SSSR count). The largest absolute Gasteiger partial charge is 0.464 e. The topological polar surface area (TPSA) is 71.2 Å². The van der Waals surface area contributed by atoms with Gasteiger partial charge in [-0.3, -0.25) is 4.79 Å². The Morgan fingerprint density at radius 3 is 2.72 bits per heavy atom. The molecule has 1 aliphatic heterocycles. The van der Waals surface area contributed by atoms with E-state index in [4.69, 9.17) is 4.74 Å². The number of para-hydroxylation sites is 1. The van der Waals surface area contributed by atoms with Gasteiger partial charge in [-0.05, 0) is 25.5 Å². The van der Waals surface area contributed by atoms with Crippen molar-refractivity contribution in [3.63, 3.8) is 0 Å². The Bertz CT molecular complexity index is 1010. The molecule has 2 heterocycles. The molecular weight excluding hydrogens is 316 g/mol. The lowest BCUT2D eigenvalue weighted by atomic mass is 9.83. The molecule has 0 fully saturated rings. The molecule has 0 radical (unpaired) electrons. The van der Waals surface area contributed by atoms with Gasteiger partial charge in [-0.15, -0.1) is 0 Å². The van der Waals surface area contributed by atoms with Crippen LogP contribution < -0.4 is 5.32 Å². The number of benzene rings is 2. The summed E-state index contributed by atoms with van der Waals surface area (Å²) in [6.45, 7) is 3.99. The van der Waals surface area contributed by atoms with Crippen LogP contribution in [0.1, 0.15) is 34.0 Å². The van der Waals surface area contributed by atoms with Gasteiger partial charge in [0.2, 0.25) is 0 Å². The van der Waals surface area contributed by atoms with Gasteiger partial charge >= 0.3 is 5.97 Å². The molecule has 5 nitrogen and oxygen atoms in total. The fraction of sp³-hybridized carbons (Fsp3) is 0.200. The molecule has 126 valence electrons. The average Bonchev–Trinajstić information content (AvgIpc) is 3.17. The van der Waals surface area contributed by atoms with Crippen LogP contribution in [0.25, 0.3) is 10.9 Å². The van der Waals surface area contributed by atoms with Gasteiger partial charge in [0.15, 0.2) is 5.54 Å². The molecule has 1 amide bonds. The van der Waals surface area contributed by atoms with E-state index in [1.807, 2.05) is 31.2 Å². The van der Waals surface area contributed by atoms with Crippen molar-refractivity contribution >= 4 is 22.8 Å². The predicted octanol–water partition coefficient (Wildman–Crippen LogP) is 3.03. The highest BCUT2D eigenvalue weighted by Gasteiger charge is 2.52. The minimum Gasteiger partial charge on any atom is -0.464 e. The van der Waals surface area contributed by atoms with Crippen molar-refractivity contribution < 1.29 is 14.3 Å². The first-order chi connectivity index (χ1) is 12.1. The Morgan fingerprint density at radius 1 is 1.12 bits per heavy atom. The molecule has 2 N–H and O–H groups in total. The van der Waals surface area contributed by atoms with E-state index in [2.05, 4.69) is 10.3 Å². The second kappa shape index (κ2) is 5.48. The first-order valence-corrected chi connectivity index (χ1v) is 8.26. The summed E-state index contributed by atoms with van der Waals surface area (Å²) in [5.41, 5.74) is 2.50. The number of carbonyl (C=O) groups is 2. The van der Waals surface area contributed by atoms with Crippen molar-refractivity contribution in [1.29, 1.82) is 0 Å². The van der Waals surface area contributed by atoms with E-state index in [-0.39, 0.29) is 12.5 Å². The summed E-state index contributed by atoms with van der Waals surface area (Å²) in [4.78, 5) is 28.9. The van der Waals surface area contributed by atoms with Crippen LogP contribution in [0.5, 0.6) is 0 Å². The summed E-state index contributed by atoms with van der Waals surface area (Å²) in [6.07, 6.45) is 1.79. The summed E-state index contributed by atoms with van der Waals surface area (Å²) in [6, 6.07) is 13.0. The highest BCUT2D eigenvalue weighted by Crippen LogP contribution is 2.41. The Kier molecular flexibility index (Phi) is 3.39. The van der Waals surface area contributed by atoms with Gasteiger partial charge < -0.3 is 15.0 Å². The Balaban J connectivity index is 2.05. The second-order valence-electron chi connectivity index (χ2n) is 6.17. The molecule has 2 aromatic carbocycles. The zero-order chi connectivity index (χ0) is 17.6. The summed E-state index contributed by atoms with van der Waals surface area (Å²) < 4.78 is 5.37. The number of amides is 1. The number of esters is 1. The molecule has 0 bridgehead atoms. The smallest absolute Gasteiger partial charge is 0.341 e. The van der Waals surface area contributed by atoms with E-state index < -0.39 is 11.5 Å². The van der Waals surface area contributed by atoms with Gasteiger partial charge in [0.25, 0.3) is 5.91 Å². The Hall–Kier alpha value is -3.08. The number of aromatic amines is 1. The zero-order valence-electron chi connectivity index (χ0n) is 14.1. The van der Waals surface area contributed by atoms with E-state index in [0.29, 0.717) is 16.7 Å². The number of aromatic nitrogens is 1. The summed E-state index contributed by atoms with van der Waals surface area (Å²) in [5.74, 6) is -0.749. The zero-order valence-corrected chi connectivity index (χ0v) is 14.1. The molecule has 0 spiro atoms. The van der Waals surface area contributed by atoms with Crippen molar-refractivity contribution in [3.8, 4) is 0 Å². The molecule has 0 saturated carbocycles. The normalized spacial score (nSPS) is 18.9. The predicted molar refractivity (Wildman–Crippen MR) is 94.4 cm³/mol. The van der Waals surface area contributed by atoms with Crippen LogP contribution in [0.4, 0.5) is 0 Å². The monoisotopic (exact) mass is 334 g/mol. The summed E-state index contributed by atoms with van der Waals surface area (Å²) >= 11 is 0. The highest BCUT2D eigenvalue weighted by atomic mass is 16.5. The molecule has 0 aliphatic carbocycles. The Labute approximate surface area is 145 Å². The third-order valence-electron chi connectivity index (χ3n) is 4.79. The lowest BCUT2D eigenvalue weighted by Crippen LogP contribution is -2.48. The molecule has 1 atom stereocenters. The molecule has 5 heteroatoms. The number of carbonyl (C=O) groups excluding carboxylic acids is 2. The molecule has 25 heavy (non-hydrogen) atoms. The van der Waals surface area contributed by atoms with E-state index >= 15 is 0 Å². The number of H-pyrrole nitrogens is 1. The molecule has 3 aromatic rings. The van der Waals surface area contributed by atoms with Crippen molar-refractivity contribution in [3.05, 3.63) is 70.9 Å². The first kappa shape index (κ1) is 15.4. The fourth-order valence-corrected chi connectivity index (χ4v) is 3.65. The number of ether oxygens (including phenoxy) is 1. The standard InChI is InChI=1S/C20H18N2O3/c1-3-25-19(24)20(15-10-5-4-8-14(15)18(23)22-20)16-11-21-17-12(2)7-6-9-13(16)17/h4-11,21H,3H2,1-2H3,(H,22,23). The van der Waals surface area contributed by atoms with Gasteiger partial charge in [-0.2, -0.15) is 0 Å². The number of fused-ring (bicyclic) bond motifs is 2. The third-order valence-corrected chi connectivity index (χ3v) is 4.79.